The van der Waals surface area contributed by atoms with E-state index in [-0.39, 0.29) is 12.5 Å². The third-order valence-corrected chi connectivity index (χ3v) is 5.28. The number of para-hydroxylation sites is 2. The minimum Gasteiger partial charge on any atom is -0.494 e. The van der Waals surface area contributed by atoms with Crippen LogP contribution in [0.25, 0.3) is 11.0 Å². The van der Waals surface area contributed by atoms with Crippen LogP contribution in [0.4, 0.5) is 0 Å². The van der Waals surface area contributed by atoms with E-state index in [9.17, 15) is 4.79 Å². The van der Waals surface area contributed by atoms with Crippen LogP contribution in [0.3, 0.4) is 0 Å². The summed E-state index contributed by atoms with van der Waals surface area (Å²) in [4.78, 5) is 16.4. The molecule has 1 amide bonds. The van der Waals surface area contributed by atoms with Gasteiger partial charge in [0.2, 0.25) is 5.91 Å². The first-order chi connectivity index (χ1) is 14.6. The number of hydrogen-bond acceptors (Lipinski definition) is 4. The Labute approximate surface area is 182 Å². The molecule has 0 atom stereocenters. The first-order valence-electron chi connectivity index (χ1n) is 10.2. The van der Waals surface area contributed by atoms with Crippen molar-refractivity contribution >= 4 is 28.5 Å². The molecule has 160 valence electrons. The van der Waals surface area contributed by atoms with E-state index in [1.807, 2.05) is 43.3 Å². The number of benzene rings is 2. The summed E-state index contributed by atoms with van der Waals surface area (Å²) >= 11 is 6.06. The van der Waals surface area contributed by atoms with E-state index in [1.165, 1.54) is 7.11 Å². The maximum Gasteiger partial charge on any atom is 0.245 e. The van der Waals surface area contributed by atoms with E-state index in [4.69, 9.17) is 26.1 Å². The van der Waals surface area contributed by atoms with Crippen LogP contribution in [-0.4, -0.2) is 42.3 Å². The van der Waals surface area contributed by atoms with E-state index in [0.717, 1.165) is 52.6 Å². The number of carbonyl (C=O) groups is 1. The summed E-state index contributed by atoms with van der Waals surface area (Å²) in [5.41, 5.74) is 3.11. The summed E-state index contributed by atoms with van der Waals surface area (Å²) in [5, 5.41) is 3.61. The third-order valence-electron chi connectivity index (χ3n) is 4.85. The van der Waals surface area contributed by atoms with Gasteiger partial charge in [0.25, 0.3) is 0 Å². The summed E-state index contributed by atoms with van der Waals surface area (Å²) in [6.07, 6.45) is 2.57. The maximum atomic E-state index is 11.6. The number of nitrogens with zero attached hydrogens (tertiary/aromatic N) is 2. The van der Waals surface area contributed by atoms with Gasteiger partial charge < -0.3 is 19.4 Å². The molecule has 0 aliphatic carbocycles. The fourth-order valence-corrected chi connectivity index (χ4v) is 3.45. The minimum atomic E-state index is -0.116. The molecular formula is C23H28ClN3O3. The number of methoxy groups -OCH3 is 1. The number of hydrogen-bond donors (Lipinski definition) is 1. The van der Waals surface area contributed by atoms with Crippen molar-refractivity contribution in [3.8, 4) is 5.75 Å². The highest BCUT2D eigenvalue weighted by Crippen LogP contribution is 2.21. The smallest absolute Gasteiger partial charge is 0.245 e. The van der Waals surface area contributed by atoms with Crippen molar-refractivity contribution in [2.75, 3.05) is 26.9 Å². The molecule has 0 saturated heterocycles. The number of unbranched alkanes of at least 4 members (excludes halogenated alkanes) is 1. The molecule has 0 spiro atoms. The number of amides is 1. The average molecular weight is 430 g/mol. The van der Waals surface area contributed by atoms with Gasteiger partial charge in [0.1, 0.15) is 18.2 Å². The van der Waals surface area contributed by atoms with Crippen molar-refractivity contribution in [1.29, 1.82) is 0 Å². The lowest BCUT2D eigenvalue weighted by molar-refractivity contribution is -0.124. The normalized spacial score (nSPS) is 11.0. The summed E-state index contributed by atoms with van der Waals surface area (Å²) in [6, 6.07) is 13.8. The highest BCUT2D eigenvalue weighted by atomic mass is 35.5. The monoisotopic (exact) mass is 429 g/mol. The van der Waals surface area contributed by atoms with E-state index < -0.39 is 0 Å². The van der Waals surface area contributed by atoms with Gasteiger partial charge in [-0.2, -0.15) is 0 Å². The highest BCUT2D eigenvalue weighted by molar-refractivity contribution is 6.31. The second-order valence-corrected chi connectivity index (χ2v) is 7.58. The van der Waals surface area contributed by atoms with Crippen LogP contribution in [-0.2, 0) is 22.5 Å². The van der Waals surface area contributed by atoms with Gasteiger partial charge in [-0.15, -0.1) is 0 Å². The predicted molar refractivity (Wildman–Crippen MR) is 119 cm³/mol. The minimum absolute atomic E-state index is 0.0730. The fraction of sp³-hybridized carbons (Fsp3) is 0.391. The summed E-state index contributed by atoms with van der Waals surface area (Å²) in [6.45, 7) is 4.08. The summed E-state index contributed by atoms with van der Waals surface area (Å²) < 4.78 is 12.9. The number of aryl methyl sites for hydroxylation is 2. The van der Waals surface area contributed by atoms with Gasteiger partial charge in [0.15, 0.2) is 0 Å². The molecule has 0 fully saturated rings. The SMILES string of the molecule is COCC(=O)NCCc1nc2ccccc2n1CCCCOc1ccc(Cl)c(C)c1. The number of halogens is 1. The second-order valence-electron chi connectivity index (χ2n) is 7.17. The molecule has 3 rings (SSSR count). The first-order valence-corrected chi connectivity index (χ1v) is 10.5. The number of ether oxygens (including phenoxy) is 2. The van der Waals surface area contributed by atoms with E-state index >= 15 is 0 Å². The van der Waals surface area contributed by atoms with Crippen LogP contribution in [0.2, 0.25) is 5.02 Å². The Morgan fingerprint density at radius 1 is 1.20 bits per heavy atom. The van der Waals surface area contributed by atoms with Crippen molar-refractivity contribution in [2.24, 2.45) is 0 Å². The van der Waals surface area contributed by atoms with Crippen LogP contribution in [0, 0.1) is 6.92 Å². The predicted octanol–water partition coefficient (Wildman–Crippen LogP) is 4.16. The second kappa shape index (κ2) is 11.0. The zero-order valence-electron chi connectivity index (χ0n) is 17.5. The number of aromatic nitrogens is 2. The van der Waals surface area contributed by atoms with Crippen LogP contribution in [0.5, 0.6) is 5.75 Å². The van der Waals surface area contributed by atoms with Crippen LogP contribution < -0.4 is 10.1 Å². The molecule has 3 aromatic rings. The lowest BCUT2D eigenvalue weighted by atomic mass is 10.2. The molecule has 0 aliphatic heterocycles. The number of fused-ring (bicyclic) bond motifs is 1. The Balaban J connectivity index is 1.54. The quantitative estimate of drug-likeness (QED) is 0.465. The summed E-state index contributed by atoms with van der Waals surface area (Å²) in [7, 11) is 1.51. The molecule has 1 heterocycles. The van der Waals surface area contributed by atoms with Crippen molar-refractivity contribution in [2.45, 2.75) is 32.7 Å². The van der Waals surface area contributed by atoms with Crippen LogP contribution >= 0.6 is 11.6 Å². The van der Waals surface area contributed by atoms with Gasteiger partial charge in [0, 0.05) is 31.6 Å². The van der Waals surface area contributed by atoms with Gasteiger partial charge in [-0.05, 0) is 55.7 Å². The fourth-order valence-electron chi connectivity index (χ4n) is 3.33. The molecule has 0 unspecified atom stereocenters. The molecular weight excluding hydrogens is 402 g/mol. The van der Waals surface area contributed by atoms with Crippen LogP contribution in [0.15, 0.2) is 42.5 Å². The molecule has 0 aliphatic rings. The van der Waals surface area contributed by atoms with Gasteiger partial charge in [-0.3, -0.25) is 4.79 Å². The Hall–Kier alpha value is -2.57. The number of nitrogens with one attached hydrogen (secondary N) is 1. The number of imidazole rings is 1. The van der Waals surface area contributed by atoms with Gasteiger partial charge in [-0.25, -0.2) is 4.98 Å². The number of carbonyl (C=O) groups excluding carboxylic acids is 1. The lowest BCUT2D eigenvalue weighted by Gasteiger charge is -2.11. The van der Waals surface area contributed by atoms with Crippen molar-refractivity contribution < 1.29 is 14.3 Å². The molecule has 2 aromatic carbocycles. The van der Waals surface area contributed by atoms with E-state index in [1.54, 1.807) is 0 Å². The standard InChI is InChI=1S/C23H28ClN3O3/c1-17-15-18(9-10-19(17)24)30-14-6-5-13-27-21-8-4-3-7-20(21)26-22(27)11-12-25-23(28)16-29-2/h3-4,7-10,15H,5-6,11-14,16H2,1-2H3,(H,25,28). The van der Waals surface area contributed by atoms with E-state index in [0.29, 0.717) is 19.6 Å². The van der Waals surface area contributed by atoms with Gasteiger partial charge in [0.05, 0.1) is 17.6 Å². The maximum absolute atomic E-state index is 11.6. The average Bonchev–Trinajstić information content (AvgIpc) is 3.08. The lowest BCUT2D eigenvalue weighted by Crippen LogP contribution is -2.29. The Kier molecular flexibility index (Phi) is 8.11. The third kappa shape index (κ3) is 5.97. The largest absolute Gasteiger partial charge is 0.494 e. The highest BCUT2D eigenvalue weighted by Gasteiger charge is 2.11. The van der Waals surface area contributed by atoms with Crippen molar-refractivity contribution in [3.63, 3.8) is 0 Å². The molecule has 1 N–H and O–H groups in total. The number of rotatable bonds is 11. The first kappa shape index (κ1) is 22.1. The molecule has 0 radical (unpaired) electrons. The Morgan fingerprint density at radius 2 is 2.03 bits per heavy atom. The Bertz CT molecular complexity index is 987. The van der Waals surface area contributed by atoms with E-state index in [2.05, 4.69) is 16.0 Å². The van der Waals surface area contributed by atoms with Gasteiger partial charge >= 0.3 is 0 Å². The zero-order valence-corrected chi connectivity index (χ0v) is 18.2. The molecule has 0 saturated carbocycles. The molecule has 1 aromatic heterocycles. The van der Waals surface area contributed by atoms with Gasteiger partial charge in [-0.1, -0.05) is 23.7 Å². The van der Waals surface area contributed by atoms with Crippen LogP contribution in [0.1, 0.15) is 24.2 Å². The Morgan fingerprint density at radius 3 is 2.83 bits per heavy atom. The molecule has 6 nitrogen and oxygen atoms in total. The van der Waals surface area contributed by atoms with Crippen molar-refractivity contribution in [3.05, 3.63) is 58.9 Å². The zero-order chi connectivity index (χ0) is 21.3. The van der Waals surface area contributed by atoms with Crippen molar-refractivity contribution in [1.82, 2.24) is 14.9 Å². The molecule has 0 bridgehead atoms. The molecule has 7 heteroatoms. The summed E-state index contributed by atoms with van der Waals surface area (Å²) in [5.74, 6) is 1.70. The topological polar surface area (TPSA) is 65.4 Å². The molecule has 30 heavy (non-hydrogen) atoms.